The zero-order valence-corrected chi connectivity index (χ0v) is 7.02. The summed E-state index contributed by atoms with van der Waals surface area (Å²) in [4.78, 5) is 0. The average Bonchev–Trinajstić information content (AvgIpc) is 2.62. The molecule has 1 aliphatic carbocycles. The molecule has 2 heteroatoms. The van der Waals surface area contributed by atoms with Crippen molar-refractivity contribution in [1.82, 2.24) is 0 Å². The van der Waals surface area contributed by atoms with Crippen molar-refractivity contribution < 1.29 is 9.52 Å². The van der Waals surface area contributed by atoms with Gasteiger partial charge in [-0.15, -0.1) is 0 Å². The third-order valence-electron chi connectivity index (χ3n) is 1.65. The maximum absolute atomic E-state index is 8.82. The molecule has 12 heavy (non-hydrogen) atoms. The molecule has 0 aliphatic heterocycles. The fourth-order valence-corrected chi connectivity index (χ4v) is 1.02. The largest absolute Gasteiger partial charge is 0.473 e. The number of rotatable bonds is 0. The molecule has 0 bridgehead atoms. The second-order valence-corrected chi connectivity index (χ2v) is 2.72. The molecule has 0 amide bonds. The van der Waals surface area contributed by atoms with E-state index in [1.165, 1.54) is 0 Å². The zero-order chi connectivity index (χ0) is 8.65. The summed E-state index contributed by atoms with van der Waals surface area (Å²) in [5.74, 6) is 0. The van der Waals surface area contributed by atoms with Crippen LogP contribution in [0.2, 0.25) is 0 Å². The maximum atomic E-state index is 8.82. The van der Waals surface area contributed by atoms with Gasteiger partial charge in [-0.25, -0.2) is 0 Å². The van der Waals surface area contributed by atoms with Crippen LogP contribution >= 0.6 is 0 Å². The second kappa shape index (κ2) is 5.61. The van der Waals surface area contributed by atoms with Gasteiger partial charge in [-0.3, -0.25) is 0 Å². The predicted octanol–water partition coefficient (Wildman–Crippen LogP) is 2.37. The lowest BCUT2D eigenvalue weighted by Gasteiger charge is -2.07. The van der Waals surface area contributed by atoms with Crippen molar-refractivity contribution in [3.05, 3.63) is 36.8 Å². The first-order chi connectivity index (χ1) is 5.89. The minimum Gasteiger partial charge on any atom is -0.473 e. The van der Waals surface area contributed by atoms with E-state index in [2.05, 4.69) is 4.42 Å². The lowest BCUT2D eigenvalue weighted by molar-refractivity contribution is 0.204. The van der Waals surface area contributed by atoms with Gasteiger partial charge in [0.1, 0.15) is 0 Å². The molecule has 2 nitrogen and oxygen atoms in total. The van der Waals surface area contributed by atoms with Crippen molar-refractivity contribution in [3.8, 4) is 0 Å². The molecular formula is C10H14O2. The number of allylic oxidation sites excluding steroid dienone is 1. The molecule has 66 valence electrons. The van der Waals surface area contributed by atoms with E-state index in [1.54, 1.807) is 12.5 Å². The van der Waals surface area contributed by atoms with Crippen LogP contribution in [0.5, 0.6) is 0 Å². The Balaban J connectivity index is 0.000000127. The maximum Gasteiger partial charge on any atom is 0.0902 e. The molecule has 0 fully saturated rings. The van der Waals surface area contributed by atoms with E-state index in [0.29, 0.717) is 0 Å². The van der Waals surface area contributed by atoms with Gasteiger partial charge < -0.3 is 9.52 Å². The molecule has 2 rings (SSSR count). The van der Waals surface area contributed by atoms with Gasteiger partial charge in [-0.05, 0) is 31.4 Å². The van der Waals surface area contributed by atoms with E-state index in [1.807, 2.05) is 24.3 Å². The minimum atomic E-state index is -0.145. The van der Waals surface area contributed by atoms with Gasteiger partial charge in [0.2, 0.25) is 0 Å². The van der Waals surface area contributed by atoms with Crippen LogP contribution in [-0.4, -0.2) is 11.2 Å². The summed E-state index contributed by atoms with van der Waals surface area (Å²) in [7, 11) is 0. The Morgan fingerprint density at radius 1 is 1.25 bits per heavy atom. The number of aliphatic hydroxyl groups is 1. The first-order valence-corrected chi connectivity index (χ1v) is 4.21. The van der Waals surface area contributed by atoms with E-state index in [4.69, 9.17) is 5.11 Å². The van der Waals surface area contributed by atoms with E-state index in [9.17, 15) is 0 Å². The Morgan fingerprint density at radius 2 is 2.00 bits per heavy atom. The average molecular weight is 166 g/mol. The summed E-state index contributed by atoms with van der Waals surface area (Å²) >= 11 is 0. The highest BCUT2D eigenvalue weighted by molar-refractivity contribution is 4.92. The van der Waals surface area contributed by atoms with Gasteiger partial charge in [-0.1, -0.05) is 12.2 Å². The number of aliphatic hydroxyl groups excluding tert-OH is 1. The van der Waals surface area contributed by atoms with Crippen molar-refractivity contribution in [3.63, 3.8) is 0 Å². The number of hydrogen-bond donors (Lipinski definition) is 1. The molecule has 1 aromatic rings. The Labute approximate surface area is 72.5 Å². The topological polar surface area (TPSA) is 33.4 Å². The summed E-state index contributed by atoms with van der Waals surface area (Å²) < 4.78 is 4.58. The van der Waals surface area contributed by atoms with Crippen molar-refractivity contribution >= 4 is 0 Å². The molecule has 1 heterocycles. The predicted molar refractivity (Wildman–Crippen MR) is 47.7 cm³/mol. The van der Waals surface area contributed by atoms with E-state index < -0.39 is 0 Å². The molecule has 0 radical (unpaired) electrons. The van der Waals surface area contributed by atoms with E-state index >= 15 is 0 Å². The quantitative estimate of drug-likeness (QED) is 0.600. The molecule has 0 saturated carbocycles. The summed E-state index contributed by atoms with van der Waals surface area (Å²) in [6, 6.07) is 3.67. The van der Waals surface area contributed by atoms with Crippen LogP contribution in [-0.2, 0) is 0 Å². The van der Waals surface area contributed by atoms with Crippen LogP contribution in [0.1, 0.15) is 19.3 Å². The van der Waals surface area contributed by atoms with Gasteiger partial charge in [0.25, 0.3) is 0 Å². The Kier molecular flexibility index (Phi) is 4.24. The van der Waals surface area contributed by atoms with Crippen LogP contribution in [0.4, 0.5) is 0 Å². The van der Waals surface area contributed by atoms with Gasteiger partial charge in [-0.2, -0.15) is 0 Å². The molecule has 1 aromatic heterocycles. The lowest BCUT2D eigenvalue weighted by Crippen LogP contribution is -2.04. The third-order valence-corrected chi connectivity index (χ3v) is 1.65. The standard InChI is InChI=1S/C6H10O.C4H4O/c7-6-4-2-1-3-5-6;1-2-4-5-3-1/h2,4,6-7H,1,3,5H2;1-4H. The summed E-state index contributed by atoms with van der Waals surface area (Å²) in [5.41, 5.74) is 0. The zero-order valence-electron chi connectivity index (χ0n) is 7.02. The molecule has 1 N–H and O–H groups in total. The van der Waals surface area contributed by atoms with Crippen molar-refractivity contribution in [2.24, 2.45) is 0 Å². The van der Waals surface area contributed by atoms with Crippen molar-refractivity contribution in [1.29, 1.82) is 0 Å². The Morgan fingerprint density at radius 3 is 2.25 bits per heavy atom. The highest BCUT2D eigenvalue weighted by Gasteiger charge is 2.00. The number of furan rings is 1. The smallest absolute Gasteiger partial charge is 0.0902 e. The van der Waals surface area contributed by atoms with Crippen LogP contribution < -0.4 is 0 Å². The molecule has 1 aliphatic rings. The normalized spacial score (nSPS) is 21.2. The molecule has 0 aromatic carbocycles. The highest BCUT2D eigenvalue weighted by atomic mass is 16.3. The van der Waals surface area contributed by atoms with Gasteiger partial charge in [0.15, 0.2) is 0 Å². The minimum absolute atomic E-state index is 0.145. The van der Waals surface area contributed by atoms with E-state index in [-0.39, 0.29) is 6.10 Å². The van der Waals surface area contributed by atoms with Crippen LogP contribution in [0, 0.1) is 0 Å². The summed E-state index contributed by atoms with van der Waals surface area (Å²) in [6.07, 6.45) is 10.3. The first-order valence-electron chi connectivity index (χ1n) is 4.21. The van der Waals surface area contributed by atoms with Crippen LogP contribution in [0.3, 0.4) is 0 Å². The molecule has 0 spiro atoms. The molecule has 1 atom stereocenters. The Hall–Kier alpha value is -1.02. The van der Waals surface area contributed by atoms with Gasteiger partial charge in [0.05, 0.1) is 18.6 Å². The molecule has 0 saturated heterocycles. The fraction of sp³-hybridized carbons (Fsp3) is 0.400. The summed E-state index contributed by atoms with van der Waals surface area (Å²) in [6.45, 7) is 0. The monoisotopic (exact) mass is 166 g/mol. The Bertz CT molecular complexity index is 184. The molecular weight excluding hydrogens is 152 g/mol. The fourth-order valence-electron chi connectivity index (χ4n) is 1.02. The second-order valence-electron chi connectivity index (χ2n) is 2.72. The van der Waals surface area contributed by atoms with E-state index in [0.717, 1.165) is 19.3 Å². The first kappa shape index (κ1) is 9.07. The van der Waals surface area contributed by atoms with Crippen LogP contribution in [0.15, 0.2) is 41.2 Å². The van der Waals surface area contributed by atoms with Crippen molar-refractivity contribution in [2.75, 3.05) is 0 Å². The molecule has 1 unspecified atom stereocenters. The third kappa shape index (κ3) is 3.98. The van der Waals surface area contributed by atoms with Gasteiger partial charge >= 0.3 is 0 Å². The van der Waals surface area contributed by atoms with Crippen molar-refractivity contribution in [2.45, 2.75) is 25.4 Å². The SMILES string of the molecule is OC1C=CCCC1.c1ccoc1. The van der Waals surface area contributed by atoms with Crippen LogP contribution in [0.25, 0.3) is 0 Å². The lowest BCUT2D eigenvalue weighted by atomic mass is 10.1. The number of hydrogen-bond acceptors (Lipinski definition) is 2. The summed E-state index contributed by atoms with van der Waals surface area (Å²) in [5, 5.41) is 8.82. The highest BCUT2D eigenvalue weighted by Crippen LogP contribution is 2.08. The van der Waals surface area contributed by atoms with Gasteiger partial charge in [0, 0.05) is 0 Å².